The number of hydrogen-bond acceptors (Lipinski definition) is 5. The van der Waals surface area contributed by atoms with E-state index in [-0.39, 0.29) is 17.1 Å². The predicted molar refractivity (Wildman–Crippen MR) is 119 cm³/mol. The van der Waals surface area contributed by atoms with Gasteiger partial charge in [-0.2, -0.15) is 0 Å². The van der Waals surface area contributed by atoms with E-state index < -0.39 is 12.1 Å². The van der Waals surface area contributed by atoms with Gasteiger partial charge < -0.3 is 19.1 Å². The number of esters is 1. The van der Waals surface area contributed by atoms with Gasteiger partial charge in [0.05, 0.1) is 23.1 Å². The Morgan fingerprint density at radius 2 is 2.10 bits per heavy atom. The highest BCUT2D eigenvalue weighted by atomic mass is 35.5. The Bertz CT molecular complexity index is 1090. The average Bonchev–Trinajstić information content (AvgIpc) is 3.01. The smallest absolute Gasteiger partial charge is 0.340 e. The van der Waals surface area contributed by atoms with Gasteiger partial charge in [-0.1, -0.05) is 35.3 Å². The van der Waals surface area contributed by atoms with Crippen LogP contribution < -0.4 is 9.47 Å². The monoisotopic (exact) mass is 459 g/mol. The lowest BCUT2D eigenvalue weighted by Crippen LogP contribution is -2.43. The zero-order chi connectivity index (χ0) is 21.8. The topological polar surface area (TPSA) is 48.0 Å². The molecule has 3 atom stereocenters. The van der Waals surface area contributed by atoms with Gasteiger partial charge in [-0.3, -0.25) is 0 Å². The van der Waals surface area contributed by atoms with Crippen molar-refractivity contribution in [2.24, 2.45) is 0 Å². The summed E-state index contributed by atoms with van der Waals surface area (Å²) >= 11 is 12.2. The van der Waals surface area contributed by atoms with Crippen molar-refractivity contribution < 1.29 is 19.0 Å². The minimum Gasteiger partial charge on any atom is -0.493 e. The summed E-state index contributed by atoms with van der Waals surface area (Å²) in [5, 5.41) is 0.752. The van der Waals surface area contributed by atoms with E-state index in [1.54, 1.807) is 19.2 Å². The Morgan fingerprint density at radius 3 is 2.90 bits per heavy atom. The van der Waals surface area contributed by atoms with Crippen LogP contribution in [0.5, 0.6) is 11.5 Å². The zero-order valence-corrected chi connectivity index (χ0v) is 18.9. The Balaban J connectivity index is 1.47. The molecule has 1 unspecified atom stereocenters. The summed E-state index contributed by atoms with van der Waals surface area (Å²) in [5.74, 6) is 1.06. The van der Waals surface area contributed by atoms with Crippen LogP contribution in [0.25, 0.3) is 0 Å². The molecule has 2 aromatic rings. The highest BCUT2D eigenvalue weighted by Crippen LogP contribution is 2.55. The molecule has 0 amide bonds. The van der Waals surface area contributed by atoms with Crippen molar-refractivity contribution in [1.29, 1.82) is 0 Å². The van der Waals surface area contributed by atoms with Crippen molar-refractivity contribution in [2.75, 3.05) is 20.7 Å². The molecule has 5 nitrogen and oxygen atoms in total. The van der Waals surface area contributed by atoms with Crippen molar-refractivity contribution in [2.45, 2.75) is 37.0 Å². The molecule has 31 heavy (non-hydrogen) atoms. The number of methoxy groups -OCH3 is 1. The molecule has 7 heteroatoms. The molecule has 1 spiro atoms. The number of carbonyl (C=O) groups is 1. The van der Waals surface area contributed by atoms with E-state index in [2.05, 4.69) is 24.1 Å². The van der Waals surface area contributed by atoms with E-state index in [0.29, 0.717) is 16.5 Å². The molecule has 0 fully saturated rings. The molecule has 1 aliphatic carbocycles. The van der Waals surface area contributed by atoms with Crippen LogP contribution >= 0.6 is 23.2 Å². The maximum Gasteiger partial charge on any atom is 0.340 e. The van der Waals surface area contributed by atoms with E-state index in [9.17, 15) is 4.79 Å². The van der Waals surface area contributed by atoms with Crippen molar-refractivity contribution >= 4 is 29.2 Å². The molecule has 2 aliphatic heterocycles. The molecule has 0 aromatic heterocycles. The molecule has 0 N–H and O–H groups in total. The standard InChI is InChI=1S/C24H23Cl2NO4/c1-27-10-9-24-8-7-16(30-23(28)17-11-15(25)4-5-18(17)26)12-20(24)31-22-19(29-2)6-3-14(13-27)21(22)24/h3-8,11,16,20H,9-10,12-13H2,1-2H3/t16-,20?,24-/m0/s1. The molecular formula is C24H23Cl2NO4. The fraction of sp³-hybridized carbons (Fsp3) is 0.375. The highest BCUT2D eigenvalue weighted by Gasteiger charge is 2.53. The van der Waals surface area contributed by atoms with E-state index >= 15 is 0 Å². The maximum atomic E-state index is 12.7. The Labute approximate surface area is 191 Å². The maximum absolute atomic E-state index is 12.7. The molecule has 0 saturated carbocycles. The minimum absolute atomic E-state index is 0.137. The quantitative estimate of drug-likeness (QED) is 0.476. The number of hydrogen-bond donors (Lipinski definition) is 0. The van der Waals surface area contributed by atoms with Crippen LogP contribution in [-0.2, 0) is 16.7 Å². The molecule has 0 bridgehead atoms. The molecule has 162 valence electrons. The Morgan fingerprint density at radius 1 is 1.26 bits per heavy atom. The van der Waals surface area contributed by atoms with Gasteiger partial charge >= 0.3 is 5.97 Å². The SMILES string of the molecule is COc1ccc2c3c1OC1C[C@@H](OC(=O)c4cc(Cl)ccc4Cl)C=C[C@@]31CCN(C)C2. The van der Waals surface area contributed by atoms with Crippen molar-refractivity contribution in [3.8, 4) is 11.5 Å². The lowest BCUT2D eigenvalue weighted by Gasteiger charge is -2.36. The fourth-order valence-electron chi connectivity index (χ4n) is 5.01. The first-order valence-electron chi connectivity index (χ1n) is 10.3. The summed E-state index contributed by atoms with van der Waals surface area (Å²) in [7, 11) is 3.80. The molecule has 3 aliphatic rings. The van der Waals surface area contributed by atoms with E-state index in [1.165, 1.54) is 17.2 Å². The molecule has 0 saturated heterocycles. The van der Waals surface area contributed by atoms with Crippen molar-refractivity contribution in [3.05, 3.63) is 69.2 Å². The number of rotatable bonds is 3. The predicted octanol–water partition coefficient (Wildman–Crippen LogP) is 5.02. The first-order chi connectivity index (χ1) is 14.9. The first-order valence-corrected chi connectivity index (χ1v) is 11.1. The average molecular weight is 460 g/mol. The van der Waals surface area contributed by atoms with E-state index in [4.69, 9.17) is 37.4 Å². The molecule has 2 aromatic carbocycles. The third-order valence-electron chi connectivity index (χ3n) is 6.54. The summed E-state index contributed by atoms with van der Waals surface area (Å²) in [5.41, 5.74) is 2.48. The second-order valence-corrected chi connectivity index (χ2v) is 9.27. The first kappa shape index (κ1) is 20.7. The van der Waals surface area contributed by atoms with Crippen molar-refractivity contribution in [3.63, 3.8) is 0 Å². The van der Waals surface area contributed by atoms with Crippen LogP contribution in [0.4, 0.5) is 0 Å². The van der Waals surface area contributed by atoms with Gasteiger partial charge in [0.2, 0.25) is 0 Å². The van der Waals surface area contributed by atoms with E-state index in [1.807, 2.05) is 12.1 Å². The van der Waals surface area contributed by atoms with Crippen LogP contribution in [0.3, 0.4) is 0 Å². The van der Waals surface area contributed by atoms with Gasteiger partial charge in [0, 0.05) is 23.6 Å². The van der Waals surface area contributed by atoms with E-state index in [0.717, 1.165) is 31.0 Å². The van der Waals surface area contributed by atoms with Gasteiger partial charge in [0.15, 0.2) is 11.5 Å². The number of ether oxygens (including phenoxy) is 3. The molecule has 5 rings (SSSR count). The minimum atomic E-state index is -0.493. The van der Waals surface area contributed by atoms with Crippen LogP contribution in [0, 0.1) is 0 Å². The summed E-state index contributed by atoms with van der Waals surface area (Å²) in [6.45, 7) is 1.81. The summed E-state index contributed by atoms with van der Waals surface area (Å²) in [4.78, 5) is 15.1. The van der Waals surface area contributed by atoms with Gasteiger partial charge in [-0.15, -0.1) is 0 Å². The van der Waals surface area contributed by atoms with Crippen LogP contribution in [0.15, 0.2) is 42.5 Å². The van der Waals surface area contributed by atoms with Crippen molar-refractivity contribution in [1.82, 2.24) is 4.90 Å². The number of nitrogens with zero attached hydrogens (tertiary/aromatic N) is 1. The second-order valence-electron chi connectivity index (χ2n) is 8.43. The molecular weight excluding hydrogens is 437 g/mol. The Kier molecular flexibility index (Phi) is 5.16. The van der Waals surface area contributed by atoms with Gasteiger partial charge in [0.1, 0.15) is 12.2 Å². The summed E-state index contributed by atoms with van der Waals surface area (Å²) < 4.78 is 17.8. The summed E-state index contributed by atoms with van der Waals surface area (Å²) in [6.07, 6.45) is 5.09. The van der Waals surface area contributed by atoms with Crippen LogP contribution in [0.1, 0.15) is 34.3 Å². The normalized spacial score (nSPS) is 26.5. The Hall–Kier alpha value is -2.21. The lowest BCUT2D eigenvalue weighted by molar-refractivity contribution is 0.0218. The summed E-state index contributed by atoms with van der Waals surface area (Å²) in [6, 6.07) is 8.87. The number of benzene rings is 2. The second kappa shape index (κ2) is 7.73. The molecule has 0 radical (unpaired) electrons. The van der Waals surface area contributed by atoms with Gasteiger partial charge in [-0.05, 0) is 55.9 Å². The third-order valence-corrected chi connectivity index (χ3v) is 7.10. The number of carbonyl (C=O) groups excluding carboxylic acids is 1. The fourth-order valence-corrected chi connectivity index (χ4v) is 5.37. The molecule has 2 heterocycles. The zero-order valence-electron chi connectivity index (χ0n) is 17.4. The van der Waals surface area contributed by atoms with Crippen LogP contribution in [0.2, 0.25) is 10.0 Å². The van der Waals surface area contributed by atoms with Crippen LogP contribution in [-0.4, -0.2) is 43.8 Å². The lowest BCUT2D eigenvalue weighted by atomic mass is 9.69. The van der Waals surface area contributed by atoms with Gasteiger partial charge in [-0.25, -0.2) is 4.79 Å². The number of halogens is 2. The van der Waals surface area contributed by atoms with Gasteiger partial charge in [0.25, 0.3) is 0 Å². The highest BCUT2D eigenvalue weighted by molar-refractivity contribution is 6.35. The third kappa shape index (κ3) is 3.39. The largest absolute Gasteiger partial charge is 0.493 e.